The Morgan fingerprint density at radius 3 is 2.60 bits per heavy atom. The first-order valence-electron chi connectivity index (χ1n) is 9.82. The lowest BCUT2D eigenvalue weighted by Crippen LogP contribution is -2.43. The van der Waals surface area contributed by atoms with Crippen LogP contribution in [-0.4, -0.2) is 23.2 Å². The third-order valence-corrected chi connectivity index (χ3v) is 5.46. The zero-order valence-electron chi connectivity index (χ0n) is 16.2. The monoisotopic (exact) mass is 393 g/mol. The predicted octanol–water partition coefficient (Wildman–Crippen LogP) is 4.82. The van der Waals surface area contributed by atoms with Crippen molar-refractivity contribution in [2.45, 2.75) is 0 Å². The number of fused-ring (bicyclic) bond motifs is 2. The summed E-state index contributed by atoms with van der Waals surface area (Å²) in [7, 11) is 0. The van der Waals surface area contributed by atoms with Crippen molar-refractivity contribution in [3.05, 3.63) is 96.8 Å². The van der Waals surface area contributed by atoms with E-state index in [1.54, 1.807) is 18.5 Å². The summed E-state index contributed by atoms with van der Waals surface area (Å²) in [5.41, 5.74) is 3.02. The van der Waals surface area contributed by atoms with E-state index in [-0.39, 0.29) is 18.2 Å². The highest BCUT2D eigenvalue weighted by Gasteiger charge is 2.37. The van der Waals surface area contributed by atoms with Crippen LogP contribution in [0.2, 0.25) is 0 Å². The molecule has 2 heterocycles. The number of anilines is 3. The molecule has 0 saturated carbocycles. The highest BCUT2D eigenvalue weighted by Crippen LogP contribution is 2.36. The van der Waals surface area contributed by atoms with Crippen LogP contribution in [0.15, 0.2) is 91.3 Å². The van der Waals surface area contributed by atoms with Crippen LogP contribution in [0.1, 0.15) is 10.4 Å². The molecule has 5 nitrogen and oxygen atoms in total. The van der Waals surface area contributed by atoms with E-state index in [2.05, 4.69) is 10.3 Å². The van der Waals surface area contributed by atoms with Crippen LogP contribution in [-0.2, 0) is 4.79 Å². The summed E-state index contributed by atoms with van der Waals surface area (Å²) >= 11 is 0. The Morgan fingerprint density at radius 2 is 1.73 bits per heavy atom. The Hall–Kier alpha value is -3.99. The zero-order chi connectivity index (χ0) is 20.5. The first-order valence-corrected chi connectivity index (χ1v) is 9.82. The van der Waals surface area contributed by atoms with E-state index >= 15 is 0 Å². The van der Waals surface area contributed by atoms with Crippen LogP contribution < -0.4 is 10.2 Å². The van der Waals surface area contributed by atoms with Gasteiger partial charge in [0.1, 0.15) is 5.92 Å². The van der Waals surface area contributed by atoms with Crippen LogP contribution in [0.3, 0.4) is 0 Å². The number of benzene rings is 3. The SMILES string of the molecule is O=C(Nc1cccc2cnccc12)C1CN(c2ccccc2)c2ccccc2C1=O. The van der Waals surface area contributed by atoms with Crippen molar-refractivity contribution >= 4 is 39.5 Å². The Kier molecular flexibility index (Phi) is 4.48. The number of hydrogen-bond donors (Lipinski definition) is 1. The van der Waals surface area contributed by atoms with E-state index in [1.165, 1.54) is 0 Å². The number of nitrogens with one attached hydrogen (secondary N) is 1. The minimum atomic E-state index is -0.808. The Labute approximate surface area is 174 Å². The fraction of sp³-hybridized carbons (Fsp3) is 0.0800. The summed E-state index contributed by atoms with van der Waals surface area (Å²) in [6, 6.07) is 24.8. The topological polar surface area (TPSA) is 62.3 Å². The summed E-state index contributed by atoms with van der Waals surface area (Å²) < 4.78 is 0. The maximum absolute atomic E-state index is 13.2. The fourth-order valence-corrected chi connectivity index (χ4v) is 3.97. The van der Waals surface area contributed by atoms with E-state index in [0.717, 1.165) is 22.1 Å². The summed E-state index contributed by atoms with van der Waals surface area (Å²) in [5, 5.41) is 4.80. The van der Waals surface area contributed by atoms with Gasteiger partial charge in [-0.25, -0.2) is 0 Å². The molecule has 1 aromatic heterocycles. The molecular weight excluding hydrogens is 374 g/mol. The van der Waals surface area contributed by atoms with Gasteiger partial charge >= 0.3 is 0 Å². The quantitative estimate of drug-likeness (QED) is 0.507. The van der Waals surface area contributed by atoms with Crippen LogP contribution >= 0.6 is 0 Å². The normalized spacial score (nSPS) is 15.7. The lowest BCUT2D eigenvalue weighted by molar-refractivity contribution is -0.118. The molecule has 1 aliphatic rings. The third kappa shape index (κ3) is 3.10. The van der Waals surface area contributed by atoms with E-state index in [1.807, 2.05) is 77.7 Å². The number of hydrogen-bond acceptors (Lipinski definition) is 4. The van der Waals surface area contributed by atoms with Gasteiger partial charge in [-0.3, -0.25) is 14.6 Å². The smallest absolute Gasteiger partial charge is 0.237 e. The molecule has 0 radical (unpaired) electrons. The summed E-state index contributed by atoms with van der Waals surface area (Å²) in [5.74, 6) is -1.27. The van der Waals surface area contributed by atoms with E-state index in [9.17, 15) is 9.59 Å². The lowest BCUT2D eigenvalue weighted by Gasteiger charge is -2.34. The second kappa shape index (κ2) is 7.44. The minimum Gasteiger partial charge on any atom is -0.340 e. The van der Waals surface area contributed by atoms with Crippen LogP contribution in [0.5, 0.6) is 0 Å². The molecule has 1 aliphatic heterocycles. The molecule has 1 unspecified atom stereocenters. The third-order valence-electron chi connectivity index (χ3n) is 5.46. The molecule has 3 aromatic carbocycles. The molecule has 5 heteroatoms. The van der Waals surface area contributed by atoms with Crippen molar-refractivity contribution in [3.8, 4) is 0 Å². The summed E-state index contributed by atoms with van der Waals surface area (Å²) in [4.78, 5) is 32.6. The zero-order valence-corrected chi connectivity index (χ0v) is 16.2. The minimum absolute atomic E-state index is 0.155. The molecular formula is C25H19N3O2. The summed E-state index contributed by atoms with van der Waals surface area (Å²) in [6.45, 7) is 0.290. The summed E-state index contributed by atoms with van der Waals surface area (Å²) in [6.07, 6.45) is 3.45. The first-order chi connectivity index (χ1) is 14.7. The fourth-order valence-electron chi connectivity index (χ4n) is 3.97. The number of carbonyl (C=O) groups excluding carboxylic acids is 2. The first kappa shape index (κ1) is 18.1. The van der Waals surface area contributed by atoms with Gasteiger partial charge in [-0.1, -0.05) is 42.5 Å². The van der Waals surface area contributed by atoms with Gasteiger partial charge in [0.25, 0.3) is 0 Å². The van der Waals surface area contributed by atoms with Crippen molar-refractivity contribution in [1.29, 1.82) is 0 Å². The highest BCUT2D eigenvalue weighted by molar-refractivity contribution is 6.19. The molecule has 0 bridgehead atoms. The molecule has 0 spiro atoms. The number of para-hydroxylation sites is 2. The van der Waals surface area contributed by atoms with Crippen molar-refractivity contribution in [3.63, 3.8) is 0 Å². The lowest BCUT2D eigenvalue weighted by atomic mass is 9.89. The molecule has 1 atom stereocenters. The van der Waals surface area contributed by atoms with Gasteiger partial charge in [0.05, 0.1) is 5.69 Å². The number of aromatic nitrogens is 1. The number of nitrogens with zero attached hydrogens (tertiary/aromatic N) is 2. The molecule has 4 aromatic rings. The van der Waals surface area contributed by atoms with Gasteiger partial charge in [0.15, 0.2) is 5.78 Å². The number of Topliss-reactive ketones (excluding diaryl/α,β-unsaturated/α-hetero) is 1. The molecule has 1 amide bonds. The van der Waals surface area contributed by atoms with E-state index in [0.29, 0.717) is 11.3 Å². The largest absolute Gasteiger partial charge is 0.340 e. The molecule has 30 heavy (non-hydrogen) atoms. The number of amides is 1. The Morgan fingerprint density at radius 1 is 0.933 bits per heavy atom. The van der Waals surface area contributed by atoms with Crippen LogP contribution in [0, 0.1) is 5.92 Å². The number of rotatable bonds is 3. The number of carbonyl (C=O) groups is 2. The van der Waals surface area contributed by atoms with Gasteiger partial charge < -0.3 is 10.2 Å². The van der Waals surface area contributed by atoms with Crippen LogP contribution in [0.4, 0.5) is 17.1 Å². The molecule has 146 valence electrons. The van der Waals surface area contributed by atoms with Crippen LogP contribution in [0.25, 0.3) is 10.8 Å². The molecule has 5 rings (SSSR count). The van der Waals surface area contributed by atoms with Crippen molar-refractivity contribution in [1.82, 2.24) is 4.98 Å². The molecule has 0 aliphatic carbocycles. The van der Waals surface area contributed by atoms with Crippen molar-refractivity contribution in [2.24, 2.45) is 5.92 Å². The van der Waals surface area contributed by atoms with Gasteiger partial charge in [0.2, 0.25) is 5.91 Å². The predicted molar refractivity (Wildman–Crippen MR) is 118 cm³/mol. The van der Waals surface area contributed by atoms with E-state index in [4.69, 9.17) is 0 Å². The second-order valence-corrected chi connectivity index (χ2v) is 7.27. The van der Waals surface area contributed by atoms with Crippen molar-refractivity contribution < 1.29 is 9.59 Å². The Bertz CT molecular complexity index is 1250. The van der Waals surface area contributed by atoms with Gasteiger partial charge in [0, 0.05) is 46.6 Å². The van der Waals surface area contributed by atoms with E-state index < -0.39 is 5.92 Å². The second-order valence-electron chi connectivity index (χ2n) is 7.27. The highest BCUT2D eigenvalue weighted by atomic mass is 16.2. The molecule has 1 N–H and O–H groups in total. The maximum atomic E-state index is 13.2. The Balaban J connectivity index is 1.51. The number of pyridine rings is 1. The standard InChI is InChI=1S/C25H19N3O2/c29-24-20-10-4-5-12-23(20)28(18-8-2-1-3-9-18)16-21(24)25(30)27-22-11-6-7-17-15-26-14-13-19(17)22/h1-15,21H,16H2,(H,27,30). The van der Waals surface area contributed by atoms with Gasteiger partial charge in [-0.05, 0) is 36.4 Å². The maximum Gasteiger partial charge on any atom is 0.237 e. The van der Waals surface area contributed by atoms with Crippen molar-refractivity contribution in [2.75, 3.05) is 16.8 Å². The molecule has 0 saturated heterocycles. The average molecular weight is 393 g/mol. The van der Waals surface area contributed by atoms with Gasteiger partial charge in [-0.2, -0.15) is 0 Å². The average Bonchev–Trinajstić information content (AvgIpc) is 2.80. The molecule has 0 fully saturated rings. The van der Waals surface area contributed by atoms with Gasteiger partial charge in [-0.15, -0.1) is 0 Å². The number of ketones is 1.